The number of hydrogen-bond acceptors (Lipinski definition) is 5. The normalized spacial score (nSPS) is 22.5. The summed E-state index contributed by atoms with van der Waals surface area (Å²) in [5.41, 5.74) is 3.39. The van der Waals surface area contributed by atoms with Crippen molar-refractivity contribution in [3.05, 3.63) is 29.6 Å². The van der Waals surface area contributed by atoms with Crippen molar-refractivity contribution in [2.45, 2.75) is 58.7 Å². The van der Waals surface area contributed by atoms with Crippen LogP contribution in [0.4, 0.5) is 0 Å². The number of aromatic nitrogens is 5. The van der Waals surface area contributed by atoms with E-state index in [1.54, 1.807) is 12.7 Å². The van der Waals surface area contributed by atoms with Crippen molar-refractivity contribution in [1.82, 2.24) is 29.9 Å². The molecule has 7 nitrogen and oxygen atoms in total. The van der Waals surface area contributed by atoms with E-state index in [2.05, 4.69) is 55.1 Å². The zero-order valence-electron chi connectivity index (χ0n) is 16.2. The lowest BCUT2D eigenvalue weighted by atomic mass is 9.92. The van der Waals surface area contributed by atoms with Gasteiger partial charge in [0.05, 0.1) is 17.3 Å². The van der Waals surface area contributed by atoms with Crippen molar-refractivity contribution in [3.8, 4) is 0 Å². The summed E-state index contributed by atoms with van der Waals surface area (Å²) >= 11 is 0. The predicted molar refractivity (Wildman–Crippen MR) is 96.3 cm³/mol. The number of nitrogens with zero attached hydrogens (tertiary/aromatic N) is 5. The van der Waals surface area contributed by atoms with Gasteiger partial charge in [-0.2, -0.15) is 10.2 Å². The second-order valence-corrected chi connectivity index (χ2v) is 7.67. The zero-order chi connectivity index (χ0) is 18.2. The average Bonchev–Trinajstić information content (AvgIpc) is 3.28. The molecule has 3 heterocycles. The van der Waals surface area contributed by atoms with Gasteiger partial charge in [-0.3, -0.25) is 4.68 Å². The van der Waals surface area contributed by atoms with E-state index >= 15 is 0 Å². The van der Waals surface area contributed by atoms with E-state index in [9.17, 15) is 0 Å². The molecule has 0 aromatic carbocycles. The lowest BCUT2D eigenvalue weighted by molar-refractivity contribution is 0.0870. The van der Waals surface area contributed by atoms with Gasteiger partial charge in [0.15, 0.2) is 0 Å². The second kappa shape index (κ2) is 6.88. The Hall–Kier alpha value is -1.73. The molecule has 3 atom stereocenters. The molecule has 1 saturated heterocycles. The van der Waals surface area contributed by atoms with Crippen LogP contribution in [-0.4, -0.2) is 43.7 Å². The van der Waals surface area contributed by atoms with Gasteiger partial charge in [-0.1, -0.05) is 0 Å². The van der Waals surface area contributed by atoms with Crippen LogP contribution < -0.4 is 5.32 Å². The lowest BCUT2D eigenvalue weighted by Gasteiger charge is -2.33. The predicted octanol–water partition coefficient (Wildman–Crippen LogP) is 2.12. The quantitative estimate of drug-likeness (QED) is 0.868. The summed E-state index contributed by atoms with van der Waals surface area (Å²) in [6, 6.07) is 0.256. The zero-order valence-corrected chi connectivity index (χ0v) is 16.2. The highest BCUT2D eigenvalue weighted by molar-refractivity contribution is 5.28. The summed E-state index contributed by atoms with van der Waals surface area (Å²) in [5, 5.41) is 12.6. The van der Waals surface area contributed by atoms with Crippen molar-refractivity contribution in [2.75, 3.05) is 13.2 Å². The number of rotatable bonds is 6. The SMILES string of the molecule is Cc1nn(C)c(C)c1[C@H]1OCC[C@@H]1CNC(C)C(C)(C)n1cncn1. The average molecular weight is 346 g/mol. The third-order valence-corrected chi connectivity index (χ3v) is 5.82. The summed E-state index contributed by atoms with van der Waals surface area (Å²) in [4.78, 5) is 4.08. The van der Waals surface area contributed by atoms with Crippen molar-refractivity contribution in [2.24, 2.45) is 13.0 Å². The second-order valence-electron chi connectivity index (χ2n) is 7.67. The van der Waals surface area contributed by atoms with Crippen LogP contribution in [0.3, 0.4) is 0 Å². The van der Waals surface area contributed by atoms with Crippen LogP contribution in [0.2, 0.25) is 0 Å². The standard InChI is InChI=1S/C18H30N6O/c1-12-16(13(2)23(6)22-12)17-15(7-8-25-17)9-20-14(3)18(4,5)24-11-19-10-21-24/h10-11,14-15,17,20H,7-9H2,1-6H3/t14?,15-,17+/m1/s1. The summed E-state index contributed by atoms with van der Waals surface area (Å²) in [7, 11) is 2.00. The summed E-state index contributed by atoms with van der Waals surface area (Å²) in [5.74, 6) is 0.454. The minimum Gasteiger partial charge on any atom is -0.373 e. The number of aryl methyl sites for hydroxylation is 2. The van der Waals surface area contributed by atoms with Crippen LogP contribution in [0.15, 0.2) is 12.7 Å². The van der Waals surface area contributed by atoms with Crippen LogP contribution in [0.25, 0.3) is 0 Å². The Morgan fingerprint density at radius 3 is 2.76 bits per heavy atom. The van der Waals surface area contributed by atoms with E-state index in [1.165, 1.54) is 11.3 Å². The molecular weight excluding hydrogens is 316 g/mol. The van der Waals surface area contributed by atoms with Crippen LogP contribution in [0.5, 0.6) is 0 Å². The fraction of sp³-hybridized carbons (Fsp3) is 0.722. The highest BCUT2D eigenvalue weighted by Gasteiger charge is 2.35. The van der Waals surface area contributed by atoms with E-state index < -0.39 is 0 Å². The van der Waals surface area contributed by atoms with Crippen LogP contribution in [0, 0.1) is 19.8 Å². The highest BCUT2D eigenvalue weighted by atomic mass is 16.5. The maximum Gasteiger partial charge on any atom is 0.137 e. The minimum absolute atomic E-state index is 0.128. The molecule has 7 heteroatoms. The lowest BCUT2D eigenvalue weighted by Crippen LogP contribution is -2.48. The van der Waals surface area contributed by atoms with E-state index in [-0.39, 0.29) is 17.7 Å². The van der Waals surface area contributed by atoms with Crippen molar-refractivity contribution in [3.63, 3.8) is 0 Å². The van der Waals surface area contributed by atoms with Gasteiger partial charge in [-0.05, 0) is 41.0 Å². The van der Waals surface area contributed by atoms with Gasteiger partial charge in [-0.25, -0.2) is 9.67 Å². The molecule has 25 heavy (non-hydrogen) atoms. The van der Waals surface area contributed by atoms with Crippen LogP contribution in [0.1, 0.15) is 50.2 Å². The molecule has 1 aliphatic rings. The Bertz CT molecular complexity index is 705. The molecule has 0 radical (unpaired) electrons. The topological polar surface area (TPSA) is 69.8 Å². The molecular formula is C18H30N6O. The first-order valence-corrected chi connectivity index (χ1v) is 9.02. The number of hydrogen-bond donors (Lipinski definition) is 1. The fourth-order valence-corrected chi connectivity index (χ4v) is 3.65. The molecule has 1 aliphatic heterocycles. The first-order chi connectivity index (χ1) is 11.8. The molecule has 138 valence electrons. The first kappa shape index (κ1) is 18.1. The first-order valence-electron chi connectivity index (χ1n) is 9.02. The van der Waals surface area contributed by atoms with Gasteiger partial charge < -0.3 is 10.1 Å². The summed E-state index contributed by atoms with van der Waals surface area (Å²) in [6.45, 7) is 12.5. The van der Waals surface area contributed by atoms with Gasteiger partial charge >= 0.3 is 0 Å². The highest BCUT2D eigenvalue weighted by Crippen LogP contribution is 2.37. The van der Waals surface area contributed by atoms with Gasteiger partial charge in [0, 0.05) is 43.4 Å². The molecule has 0 amide bonds. The van der Waals surface area contributed by atoms with Crippen molar-refractivity contribution in [1.29, 1.82) is 0 Å². The molecule has 0 aliphatic carbocycles. The number of ether oxygens (including phenoxy) is 1. The Balaban J connectivity index is 1.68. The molecule has 2 aromatic heterocycles. The summed E-state index contributed by atoms with van der Waals surface area (Å²) < 4.78 is 9.97. The van der Waals surface area contributed by atoms with E-state index in [0.717, 1.165) is 25.3 Å². The minimum atomic E-state index is -0.147. The molecule has 3 rings (SSSR count). The van der Waals surface area contributed by atoms with E-state index in [1.807, 2.05) is 16.4 Å². The Kier molecular flexibility index (Phi) is 4.97. The summed E-state index contributed by atoms with van der Waals surface area (Å²) in [6.07, 6.45) is 4.57. The largest absolute Gasteiger partial charge is 0.373 e. The molecule has 1 unspecified atom stereocenters. The van der Waals surface area contributed by atoms with E-state index in [0.29, 0.717) is 5.92 Å². The molecule has 0 bridgehead atoms. The third kappa shape index (κ3) is 3.35. The monoisotopic (exact) mass is 346 g/mol. The Labute approximate surface area is 149 Å². The third-order valence-electron chi connectivity index (χ3n) is 5.82. The number of nitrogens with one attached hydrogen (secondary N) is 1. The van der Waals surface area contributed by atoms with Gasteiger partial charge in [0.25, 0.3) is 0 Å². The molecule has 0 spiro atoms. The molecule has 1 N–H and O–H groups in total. The molecule has 0 saturated carbocycles. The maximum atomic E-state index is 6.10. The van der Waals surface area contributed by atoms with Gasteiger partial charge in [-0.15, -0.1) is 0 Å². The van der Waals surface area contributed by atoms with Crippen molar-refractivity contribution < 1.29 is 4.74 Å². The molecule has 1 fully saturated rings. The van der Waals surface area contributed by atoms with Crippen molar-refractivity contribution >= 4 is 0 Å². The van der Waals surface area contributed by atoms with Gasteiger partial charge in [0.1, 0.15) is 12.7 Å². The smallest absolute Gasteiger partial charge is 0.137 e. The van der Waals surface area contributed by atoms with E-state index in [4.69, 9.17) is 4.74 Å². The molecule has 2 aromatic rings. The maximum absolute atomic E-state index is 6.10. The van der Waals surface area contributed by atoms with Crippen LogP contribution >= 0.6 is 0 Å². The Morgan fingerprint density at radius 2 is 2.16 bits per heavy atom. The Morgan fingerprint density at radius 1 is 1.40 bits per heavy atom. The fourth-order valence-electron chi connectivity index (χ4n) is 3.65. The van der Waals surface area contributed by atoms with Gasteiger partial charge in [0.2, 0.25) is 0 Å². The van der Waals surface area contributed by atoms with Crippen LogP contribution in [-0.2, 0) is 17.3 Å².